The van der Waals surface area contributed by atoms with Gasteiger partial charge in [0.15, 0.2) is 0 Å². The standard InChI is InChI=1S/C20H24N2O2/c1-16-3-7-18(8-4-16)20(23)21(2)15-17-5-9-19(10-6-17)22-11-13-24-14-12-22/h3-10H,11-15H2,1-2H3. The number of rotatable bonds is 4. The average molecular weight is 324 g/mol. The fraction of sp³-hybridized carbons (Fsp3) is 0.350. The fourth-order valence-corrected chi connectivity index (χ4v) is 2.90. The zero-order chi connectivity index (χ0) is 16.9. The maximum Gasteiger partial charge on any atom is 0.253 e. The highest BCUT2D eigenvalue weighted by Crippen LogP contribution is 2.18. The van der Waals surface area contributed by atoms with Crippen LogP contribution in [0.3, 0.4) is 0 Å². The average Bonchev–Trinajstić information content (AvgIpc) is 2.63. The Morgan fingerprint density at radius 1 is 1.04 bits per heavy atom. The second-order valence-electron chi connectivity index (χ2n) is 6.29. The molecule has 3 rings (SSSR count). The number of hydrogen-bond donors (Lipinski definition) is 0. The largest absolute Gasteiger partial charge is 0.378 e. The predicted molar refractivity (Wildman–Crippen MR) is 96.5 cm³/mol. The first kappa shape index (κ1) is 16.5. The van der Waals surface area contributed by atoms with Crippen molar-refractivity contribution in [1.82, 2.24) is 4.90 Å². The smallest absolute Gasteiger partial charge is 0.253 e. The van der Waals surface area contributed by atoms with Gasteiger partial charge in [-0.05, 0) is 36.8 Å². The maximum atomic E-state index is 12.5. The molecule has 0 atom stereocenters. The SMILES string of the molecule is Cc1ccc(C(=O)N(C)Cc2ccc(N3CCOCC3)cc2)cc1. The first-order valence-corrected chi connectivity index (χ1v) is 8.37. The minimum Gasteiger partial charge on any atom is -0.378 e. The summed E-state index contributed by atoms with van der Waals surface area (Å²) in [4.78, 5) is 16.6. The summed E-state index contributed by atoms with van der Waals surface area (Å²) in [5.41, 5.74) is 4.24. The number of anilines is 1. The van der Waals surface area contributed by atoms with Crippen molar-refractivity contribution >= 4 is 11.6 Å². The zero-order valence-electron chi connectivity index (χ0n) is 14.4. The van der Waals surface area contributed by atoms with E-state index >= 15 is 0 Å². The van der Waals surface area contributed by atoms with Gasteiger partial charge in [0.05, 0.1) is 13.2 Å². The second kappa shape index (κ2) is 7.49. The van der Waals surface area contributed by atoms with Crippen molar-refractivity contribution in [3.63, 3.8) is 0 Å². The lowest BCUT2D eigenvalue weighted by Gasteiger charge is -2.29. The normalized spacial score (nSPS) is 14.5. The molecular weight excluding hydrogens is 300 g/mol. The van der Waals surface area contributed by atoms with Crippen LogP contribution in [0.5, 0.6) is 0 Å². The van der Waals surface area contributed by atoms with Crippen molar-refractivity contribution in [2.24, 2.45) is 0 Å². The summed E-state index contributed by atoms with van der Waals surface area (Å²) in [6.07, 6.45) is 0. The molecule has 0 aliphatic carbocycles. The highest BCUT2D eigenvalue weighted by Gasteiger charge is 2.13. The Morgan fingerprint density at radius 3 is 2.29 bits per heavy atom. The zero-order valence-corrected chi connectivity index (χ0v) is 14.4. The summed E-state index contributed by atoms with van der Waals surface area (Å²) in [5, 5.41) is 0. The summed E-state index contributed by atoms with van der Waals surface area (Å²) in [5.74, 6) is 0.0484. The van der Waals surface area contributed by atoms with Crippen LogP contribution in [0.2, 0.25) is 0 Å². The number of ether oxygens (including phenoxy) is 1. The van der Waals surface area contributed by atoms with Gasteiger partial charge in [0.2, 0.25) is 0 Å². The molecule has 0 N–H and O–H groups in total. The van der Waals surface area contributed by atoms with Crippen molar-refractivity contribution in [3.8, 4) is 0 Å². The van der Waals surface area contributed by atoms with Gasteiger partial charge in [0, 0.05) is 37.9 Å². The van der Waals surface area contributed by atoms with Crippen LogP contribution in [0.25, 0.3) is 0 Å². The lowest BCUT2D eigenvalue weighted by Crippen LogP contribution is -2.36. The molecule has 126 valence electrons. The molecule has 0 radical (unpaired) electrons. The van der Waals surface area contributed by atoms with Crippen LogP contribution < -0.4 is 4.90 Å². The van der Waals surface area contributed by atoms with E-state index in [1.807, 2.05) is 38.2 Å². The van der Waals surface area contributed by atoms with Crippen molar-refractivity contribution in [1.29, 1.82) is 0 Å². The number of nitrogens with zero attached hydrogens (tertiary/aromatic N) is 2. The van der Waals surface area contributed by atoms with Gasteiger partial charge in [-0.2, -0.15) is 0 Å². The number of benzene rings is 2. The van der Waals surface area contributed by atoms with E-state index in [0.29, 0.717) is 6.54 Å². The molecule has 1 fully saturated rings. The van der Waals surface area contributed by atoms with Gasteiger partial charge in [0.1, 0.15) is 0 Å². The Hall–Kier alpha value is -2.33. The lowest BCUT2D eigenvalue weighted by molar-refractivity contribution is 0.0785. The molecule has 1 heterocycles. The number of aryl methyl sites for hydroxylation is 1. The molecule has 4 nitrogen and oxygen atoms in total. The van der Waals surface area contributed by atoms with Crippen molar-refractivity contribution in [2.75, 3.05) is 38.3 Å². The van der Waals surface area contributed by atoms with Crippen LogP contribution in [-0.2, 0) is 11.3 Å². The van der Waals surface area contributed by atoms with E-state index in [0.717, 1.165) is 43.0 Å². The molecule has 1 saturated heterocycles. The summed E-state index contributed by atoms with van der Waals surface area (Å²) >= 11 is 0. The fourth-order valence-electron chi connectivity index (χ4n) is 2.90. The van der Waals surface area contributed by atoms with Crippen LogP contribution in [0.1, 0.15) is 21.5 Å². The van der Waals surface area contributed by atoms with E-state index in [9.17, 15) is 4.79 Å². The number of amides is 1. The maximum absolute atomic E-state index is 12.5. The first-order valence-electron chi connectivity index (χ1n) is 8.37. The molecule has 2 aromatic carbocycles. The van der Waals surface area contributed by atoms with E-state index in [1.54, 1.807) is 4.90 Å². The predicted octanol–water partition coefficient (Wildman–Crippen LogP) is 3.10. The van der Waals surface area contributed by atoms with Gasteiger partial charge in [-0.3, -0.25) is 4.79 Å². The van der Waals surface area contributed by atoms with E-state index in [-0.39, 0.29) is 5.91 Å². The number of carbonyl (C=O) groups is 1. The molecule has 1 aliphatic heterocycles. The Bertz CT molecular complexity index is 674. The van der Waals surface area contributed by atoms with Crippen LogP contribution >= 0.6 is 0 Å². The van der Waals surface area contributed by atoms with Crippen LogP contribution in [0.4, 0.5) is 5.69 Å². The van der Waals surface area contributed by atoms with Crippen molar-refractivity contribution in [2.45, 2.75) is 13.5 Å². The lowest BCUT2D eigenvalue weighted by atomic mass is 10.1. The number of morpholine rings is 1. The Balaban J connectivity index is 1.62. The second-order valence-corrected chi connectivity index (χ2v) is 6.29. The highest BCUT2D eigenvalue weighted by molar-refractivity contribution is 5.94. The Kier molecular flexibility index (Phi) is 5.16. The molecule has 0 bridgehead atoms. The quantitative estimate of drug-likeness (QED) is 0.866. The molecule has 1 amide bonds. The Labute approximate surface area is 143 Å². The molecular formula is C20H24N2O2. The van der Waals surface area contributed by atoms with Gasteiger partial charge in [-0.1, -0.05) is 29.8 Å². The molecule has 2 aromatic rings. The van der Waals surface area contributed by atoms with E-state index in [4.69, 9.17) is 4.74 Å². The third-order valence-corrected chi connectivity index (χ3v) is 4.38. The summed E-state index contributed by atoms with van der Waals surface area (Å²) in [7, 11) is 1.85. The minimum absolute atomic E-state index is 0.0484. The molecule has 0 aromatic heterocycles. The van der Waals surface area contributed by atoms with E-state index in [1.165, 1.54) is 5.69 Å². The Morgan fingerprint density at radius 2 is 1.67 bits per heavy atom. The van der Waals surface area contributed by atoms with Gasteiger partial charge >= 0.3 is 0 Å². The highest BCUT2D eigenvalue weighted by atomic mass is 16.5. The third-order valence-electron chi connectivity index (χ3n) is 4.38. The van der Waals surface area contributed by atoms with Crippen molar-refractivity contribution < 1.29 is 9.53 Å². The van der Waals surface area contributed by atoms with Gasteiger partial charge in [-0.25, -0.2) is 0 Å². The third kappa shape index (κ3) is 3.95. The summed E-state index contributed by atoms with van der Waals surface area (Å²) < 4.78 is 5.39. The molecule has 1 aliphatic rings. The number of carbonyl (C=O) groups excluding carboxylic acids is 1. The topological polar surface area (TPSA) is 32.8 Å². The number of hydrogen-bond acceptors (Lipinski definition) is 3. The first-order chi connectivity index (χ1) is 11.6. The van der Waals surface area contributed by atoms with E-state index < -0.39 is 0 Å². The monoisotopic (exact) mass is 324 g/mol. The summed E-state index contributed by atoms with van der Waals surface area (Å²) in [6.45, 7) is 6.07. The van der Waals surface area contributed by atoms with Crippen LogP contribution in [0, 0.1) is 6.92 Å². The summed E-state index contributed by atoms with van der Waals surface area (Å²) in [6, 6.07) is 16.2. The van der Waals surface area contributed by atoms with Crippen molar-refractivity contribution in [3.05, 3.63) is 65.2 Å². The molecule has 24 heavy (non-hydrogen) atoms. The van der Waals surface area contributed by atoms with E-state index in [2.05, 4.69) is 29.2 Å². The van der Waals surface area contributed by atoms with Gasteiger partial charge in [0.25, 0.3) is 5.91 Å². The molecule has 0 unspecified atom stereocenters. The van der Waals surface area contributed by atoms with Gasteiger partial charge in [-0.15, -0.1) is 0 Å². The minimum atomic E-state index is 0.0484. The molecule has 0 saturated carbocycles. The van der Waals surface area contributed by atoms with Gasteiger partial charge < -0.3 is 14.5 Å². The van der Waals surface area contributed by atoms with Crippen LogP contribution in [0.15, 0.2) is 48.5 Å². The van der Waals surface area contributed by atoms with Crippen LogP contribution in [-0.4, -0.2) is 44.2 Å². The molecule has 0 spiro atoms. The molecule has 4 heteroatoms.